The summed E-state index contributed by atoms with van der Waals surface area (Å²) in [7, 11) is 2.85. The quantitative estimate of drug-likeness (QED) is 0.798. The molecule has 6 heteroatoms. The van der Waals surface area contributed by atoms with Crippen LogP contribution in [0.25, 0.3) is 0 Å². The number of aromatic nitrogens is 2. The summed E-state index contributed by atoms with van der Waals surface area (Å²) in [5, 5.41) is 0.583. The van der Waals surface area contributed by atoms with Crippen molar-refractivity contribution in [2.45, 2.75) is 6.42 Å². The van der Waals surface area contributed by atoms with E-state index in [0.29, 0.717) is 5.02 Å². The second-order valence-corrected chi connectivity index (χ2v) is 4.96. The lowest BCUT2D eigenvalue weighted by atomic mass is 10.1. The lowest BCUT2D eigenvalue weighted by molar-refractivity contribution is 0.0990. The normalized spacial score (nSPS) is 10.6. The number of nitrogens with zero attached hydrogens (tertiary/aromatic N) is 2. The van der Waals surface area contributed by atoms with Crippen molar-refractivity contribution in [1.82, 2.24) is 9.13 Å². The first kappa shape index (κ1) is 14.3. The molecule has 0 unspecified atom stereocenters. The molecule has 0 aliphatic carbocycles. The first-order valence-electron chi connectivity index (χ1n) is 5.94. The van der Waals surface area contributed by atoms with Crippen molar-refractivity contribution in [3.63, 3.8) is 0 Å². The van der Waals surface area contributed by atoms with Gasteiger partial charge < -0.3 is 4.57 Å². The van der Waals surface area contributed by atoms with Gasteiger partial charge in [0, 0.05) is 31.7 Å². The molecule has 0 bridgehead atoms. The summed E-state index contributed by atoms with van der Waals surface area (Å²) >= 11 is 5.77. The van der Waals surface area contributed by atoms with Gasteiger partial charge in [0.25, 0.3) is 5.56 Å². The van der Waals surface area contributed by atoms with Crippen LogP contribution >= 0.6 is 11.6 Å². The van der Waals surface area contributed by atoms with Crippen LogP contribution in [-0.2, 0) is 20.5 Å². The number of carbonyl (C=O) groups is 1. The maximum Gasteiger partial charge on any atom is 0.330 e. The predicted molar refractivity (Wildman–Crippen MR) is 76.4 cm³/mol. The topological polar surface area (TPSA) is 61.1 Å². The first-order valence-corrected chi connectivity index (χ1v) is 6.32. The average Bonchev–Trinajstić information content (AvgIpc) is 2.43. The van der Waals surface area contributed by atoms with Gasteiger partial charge in [-0.25, -0.2) is 4.79 Å². The summed E-state index contributed by atoms with van der Waals surface area (Å²) < 4.78 is 2.14. The van der Waals surface area contributed by atoms with E-state index in [-0.39, 0.29) is 17.8 Å². The molecule has 0 saturated carbocycles. The smallest absolute Gasteiger partial charge is 0.303 e. The van der Waals surface area contributed by atoms with Crippen molar-refractivity contribution in [3.05, 3.63) is 67.4 Å². The average molecular weight is 293 g/mol. The third-order valence-electron chi connectivity index (χ3n) is 3.02. The van der Waals surface area contributed by atoms with Gasteiger partial charge in [-0.15, -0.1) is 0 Å². The lowest BCUT2D eigenvalue weighted by Gasteiger charge is -2.06. The Morgan fingerprint density at radius 1 is 1.15 bits per heavy atom. The molecule has 0 N–H and O–H groups in total. The molecule has 20 heavy (non-hydrogen) atoms. The summed E-state index contributed by atoms with van der Waals surface area (Å²) in [6.45, 7) is 0. The minimum Gasteiger partial charge on any atom is -0.303 e. The van der Waals surface area contributed by atoms with Crippen LogP contribution in [0.2, 0.25) is 5.02 Å². The molecule has 0 spiro atoms. The Bertz CT molecular complexity index is 772. The number of ketones is 1. The number of carbonyl (C=O) groups excluding carboxylic acids is 1. The van der Waals surface area contributed by atoms with E-state index in [1.807, 2.05) is 0 Å². The molecule has 0 atom stereocenters. The zero-order valence-electron chi connectivity index (χ0n) is 11.1. The number of hydrogen-bond acceptors (Lipinski definition) is 3. The van der Waals surface area contributed by atoms with Gasteiger partial charge in [-0.3, -0.25) is 14.2 Å². The molecule has 5 nitrogen and oxygen atoms in total. The van der Waals surface area contributed by atoms with Gasteiger partial charge in [0.15, 0.2) is 5.78 Å². The van der Waals surface area contributed by atoms with Crippen LogP contribution in [-0.4, -0.2) is 14.9 Å². The van der Waals surface area contributed by atoms with Gasteiger partial charge in [-0.2, -0.15) is 0 Å². The maximum absolute atomic E-state index is 12.2. The van der Waals surface area contributed by atoms with Crippen molar-refractivity contribution < 1.29 is 4.79 Å². The number of aryl methyl sites for hydroxylation is 1. The Labute approximate surface area is 120 Å². The standard InChI is InChI=1S/C14H13ClN2O3/c1-16-8-11(13(19)17(2)14(16)20)12(18)7-9-3-5-10(15)6-4-9/h3-6,8H,7H2,1-2H3. The largest absolute Gasteiger partial charge is 0.330 e. The third-order valence-corrected chi connectivity index (χ3v) is 3.28. The SMILES string of the molecule is Cn1cc(C(=O)Cc2ccc(Cl)cc2)c(=O)n(C)c1=O. The fraction of sp³-hybridized carbons (Fsp3) is 0.214. The number of rotatable bonds is 3. The molecule has 0 aliphatic heterocycles. The van der Waals surface area contributed by atoms with Crippen molar-refractivity contribution in [2.75, 3.05) is 0 Å². The van der Waals surface area contributed by atoms with E-state index in [9.17, 15) is 14.4 Å². The van der Waals surface area contributed by atoms with E-state index >= 15 is 0 Å². The van der Waals surface area contributed by atoms with Crippen LogP contribution < -0.4 is 11.2 Å². The number of hydrogen-bond donors (Lipinski definition) is 0. The van der Waals surface area contributed by atoms with Crippen molar-refractivity contribution in [2.24, 2.45) is 14.1 Å². The second kappa shape index (κ2) is 5.46. The molecule has 0 fully saturated rings. The predicted octanol–water partition coefficient (Wildman–Crippen LogP) is 1.16. The van der Waals surface area contributed by atoms with Crippen LogP contribution in [0.1, 0.15) is 15.9 Å². The number of benzene rings is 1. The van der Waals surface area contributed by atoms with Gasteiger partial charge in [-0.05, 0) is 17.7 Å². The Balaban J connectivity index is 2.37. The number of halogens is 1. The van der Waals surface area contributed by atoms with E-state index < -0.39 is 11.2 Å². The molecule has 0 aliphatic rings. The molecule has 0 amide bonds. The van der Waals surface area contributed by atoms with Crippen LogP contribution in [0.15, 0.2) is 40.1 Å². The van der Waals surface area contributed by atoms with Crippen LogP contribution in [0.5, 0.6) is 0 Å². The summed E-state index contributed by atoms with van der Waals surface area (Å²) in [4.78, 5) is 35.7. The Hall–Kier alpha value is -2.14. The minimum absolute atomic E-state index is 0.00421. The highest BCUT2D eigenvalue weighted by Gasteiger charge is 2.15. The van der Waals surface area contributed by atoms with Crippen LogP contribution in [0.3, 0.4) is 0 Å². The molecule has 2 rings (SSSR count). The highest BCUT2D eigenvalue weighted by atomic mass is 35.5. The maximum atomic E-state index is 12.2. The van der Waals surface area contributed by atoms with E-state index in [2.05, 4.69) is 0 Å². The summed E-state index contributed by atoms with van der Waals surface area (Å²) in [5.74, 6) is -0.330. The molecule has 0 saturated heterocycles. The highest BCUT2D eigenvalue weighted by Crippen LogP contribution is 2.11. The fourth-order valence-electron chi connectivity index (χ4n) is 1.88. The fourth-order valence-corrected chi connectivity index (χ4v) is 2.01. The van der Waals surface area contributed by atoms with Gasteiger partial charge in [0.05, 0.1) is 5.56 Å². The minimum atomic E-state index is -0.577. The molecule has 1 aromatic heterocycles. The van der Waals surface area contributed by atoms with Crippen molar-refractivity contribution in [1.29, 1.82) is 0 Å². The van der Waals surface area contributed by atoms with Crippen LogP contribution in [0, 0.1) is 0 Å². The highest BCUT2D eigenvalue weighted by molar-refractivity contribution is 6.30. The summed E-state index contributed by atoms with van der Waals surface area (Å²) in [5.41, 5.74) is -0.273. The van der Waals surface area contributed by atoms with Crippen molar-refractivity contribution in [3.8, 4) is 0 Å². The monoisotopic (exact) mass is 292 g/mol. The first-order chi connectivity index (χ1) is 9.40. The van der Waals surface area contributed by atoms with Gasteiger partial charge >= 0.3 is 5.69 Å². The second-order valence-electron chi connectivity index (χ2n) is 4.53. The molecule has 1 aromatic carbocycles. The zero-order valence-corrected chi connectivity index (χ0v) is 11.8. The third kappa shape index (κ3) is 2.72. The summed E-state index contributed by atoms with van der Waals surface area (Å²) in [6.07, 6.45) is 1.37. The zero-order chi connectivity index (χ0) is 14.9. The van der Waals surface area contributed by atoms with E-state index in [4.69, 9.17) is 11.6 Å². The lowest BCUT2D eigenvalue weighted by Crippen LogP contribution is -2.39. The Kier molecular flexibility index (Phi) is 3.90. The molecule has 0 radical (unpaired) electrons. The molecule has 1 heterocycles. The van der Waals surface area contributed by atoms with E-state index in [1.54, 1.807) is 24.3 Å². The van der Waals surface area contributed by atoms with Gasteiger partial charge in [0.2, 0.25) is 0 Å². The molecular weight excluding hydrogens is 280 g/mol. The number of Topliss-reactive ketones (excluding diaryl/α,β-unsaturated/α-hetero) is 1. The molecular formula is C14H13ClN2O3. The Morgan fingerprint density at radius 2 is 1.75 bits per heavy atom. The van der Waals surface area contributed by atoms with Gasteiger partial charge in [-0.1, -0.05) is 23.7 Å². The van der Waals surface area contributed by atoms with Gasteiger partial charge in [0.1, 0.15) is 0 Å². The molecule has 2 aromatic rings. The molecule has 104 valence electrons. The van der Waals surface area contributed by atoms with Crippen LogP contribution in [0.4, 0.5) is 0 Å². The van der Waals surface area contributed by atoms with E-state index in [0.717, 1.165) is 10.1 Å². The van der Waals surface area contributed by atoms with Crippen molar-refractivity contribution >= 4 is 17.4 Å². The summed E-state index contributed by atoms with van der Waals surface area (Å²) in [6, 6.07) is 6.82. The Morgan fingerprint density at radius 3 is 2.35 bits per heavy atom. The van der Waals surface area contributed by atoms with E-state index in [1.165, 1.54) is 24.9 Å².